The maximum Gasteiger partial charge on any atom is 0.238 e. The van der Waals surface area contributed by atoms with E-state index < -0.39 is 0 Å². The SMILES string of the molecule is CCN(CC(=O)Nc1c(C)cccc1C)C1CCNCC1. The number of nitrogens with one attached hydrogen (secondary N) is 2. The van der Waals surface area contributed by atoms with Crippen LogP contribution in [0.3, 0.4) is 0 Å². The summed E-state index contributed by atoms with van der Waals surface area (Å²) < 4.78 is 0. The van der Waals surface area contributed by atoms with Gasteiger partial charge in [-0.05, 0) is 57.5 Å². The lowest BCUT2D eigenvalue weighted by Crippen LogP contribution is -2.46. The van der Waals surface area contributed by atoms with Crippen LogP contribution in [0.4, 0.5) is 5.69 Å². The van der Waals surface area contributed by atoms with E-state index in [-0.39, 0.29) is 5.91 Å². The molecule has 2 rings (SSSR count). The minimum absolute atomic E-state index is 0.0905. The molecule has 0 aromatic heterocycles. The van der Waals surface area contributed by atoms with Crippen LogP contribution >= 0.6 is 0 Å². The molecule has 1 amide bonds. The molecule has 0 unspecified atom stereocenters. The van der Waals surface area contributed by atoms with Crippen LogP contribution in [-0.4, -0.2) is 43.0 Å². The number of anilines is 1. The second-order valence-corrected chi connectivity index (χ2v) is 5.86. The fraction of sp³-hybridized carbons (Fsp3) is 0.588. The maximum atomic E-state index is 12.4. The van der Waals surface area contributed by atoms with E-state index in [9.17, 15) is 4.79 Å². The molecule has 0 bridgehead atoms. The molecular formula is C17H27N3O. The van der Waals surface area contributed by atoms with E-state index >= 15 is 0 Å². The standard InChI is InChI=1S/C17H27N3O/c1-4-20(15-8-10-18-11-9-15)12-16(21)19-17-13(2)6-5-7-14(17)3/h5-7,15,18H,4,8-12H2,1-3H3,(H,19,21). The molecule has 4 heteroatoms. The Kier molecular flexibility index (Phi) is 5.76. The first kappa shape index (κ1) is 16.0. The Labute approximate surface area is 127 Å². The molecule has 0 aliphatic carbocycles. The molecule has 4 nitrogen and oxygen atoms in total. The number of para-hydroxylation sites is 1. The fourth-order valence-corrected chi connectivity index (χ4v) is 3.05. The molecule has 1 fully saturated rings. The maximum absolute atomic E-state index is 12.4. The lowest BCUT2D eigenvalue weighted by atomic mass is 10.0. The molecule has 1 aromatic carbocycles. The third-order valence-corrected chi connectivity index (χ3v) is 4.32. The van der Waals surface area contributed by atoms with E-state index in [1.807, 2.05) is 32.0 Å². The Bertz CT molecular complexity index is 461. The van der Waals surface area contributed by atoms with Crippen LogP contribution in [0.5, 0.6) is 0 Å². The van der Waals surface area contributed by atoms with Gasteiger partial charge in [0.1, 0.15) is 0 Å². The van der Waals surface area contributed by atoms with Crippen molar-refractivity contribution in [2.24, 2.45) is 0 Å². The number of piperidine rings is 1. The van der Waals surface area contributed by atoms with Crippen molar-refractivity contribution in [2.75, 3.05) is 31.5 Å². The van der Waals surface area contributed by atoms with Gasteiger partial charge >= 0.3 is 0 Å². The highest BCUT2D eigenvalue weighted by atomic mass is 16.2. The number of amides is 1. The van der Waals surface area contributed by atoms with Gasteiger partial charge in [-0.1, -0.05) is 25.1 Å². The van der Waals surface area contributed by atoms with Crippen molar-refractivity contribution in [1.82, 2.24) is 10.2 Å². The first-order valence-corrected chi connectivity index (χ1v) is 7.92. The average Bonchev–Trinajstić information content (AvgIpc) is 2.49. The van der Waals surface area contributed by atoms with Crippen molar-refractivity contribution in [1.29, 1.82) is 0 Å². The molecule has 1 saturated heterocycles. The zero-order valence-corrected chi connectivity index (χ0v) is 13.4. The Hall–Kier alpha value is -1.39. The molecule has 2 N–H and O–H groups in total. The Morgan fingerprint density at radius 2 is 1.90 bits per heavy atom. The van der Waals surface area contributed by atoms with Gasteiger partial charge in [0.15, 0.2) is 0 Å². The van der Waals surface area contributed by atoms with Crippen LogP contribution in [0.25, 0.3) is 0 Å². The van der Waals surface area contributed by atoms with Crippen molar-refractivity contribution in [3.63, 3.8) is 0 Å². The van der Waals surface area contributed by atoms with Gasteiger partial charge in [0, 0.05) is 11.7 Å². The van der Waals surface area contributed by atoms with Gasteiger partial charge in [-0.3, -0.25) is 9.69 Å². The molecule has 1 heterocycles. The van der Waals surface area contributed by atoms with E-state index in [0.717, 1.165) is 49.3 Å². The number of benzene rings is 1. The van der Waals surface area contributed by atoms with E-state index in [1.54, 1.807) is 0 Å². The van der Waals surface area contributed by atoms with Crippen molar-refractivity contribution >= 4 is 11.6 Å². The van der Waals surface area contributed by atoms with Gasteiger partial charge in [-0.25, -0.2) is 0 Å². The summed E-state index contributed by atoms with van der Waals surface area (Å²) in [6.45, 7) is 9.72. The molecule has 0 radical (unpaired) electrons. The van der Waals surface area contributed by atoms with Gasteiger partial charge in [0.2, 0.25) is 5.91 Å². The summed E-state index contributed by atoms with van der Waals surface area (Å²) >= 11 is 0. The van der Waals surface area contributed by atoms with Crippen molar-refractivity contribution < 1.29 is 4.79 Å². The van der Waals surface area contributed by atoms with Crippen molar-refractivity contribution in [3.05, 3.63) is 29.3 Å². The lowest BCUT2D eigenvalue weighted by molar-refractivity contribution is -0.118. The van der Waals surface area contributed by atoms with Crippen LogP contribution in [-0.2, 0) is 4.79 Å². The van der Waals surface area contributed by atoms with Crippen LogP contribution in [0.2, 0.25) is 0 Å². The Morgan fingerprint density at radius 3 is 2.48 bits per heavy atom. The zero-order valence-electron chi connectivity index (χ0n) is 13.4. The Balaban J connectivity index is 1.96. The number of rotatable bonds is 5. The van der Waals surface area contributed by atoms with Crippen LogP contribution in [0.15, 0.2) is 18.2 Å². The van der Waals surface area contributed by atoms with Crippen LogP contribution in [0.1, 0.15) is 30.9 Å². The molecule has 0 atom stereocenters. The first-order valence-electron chi connectivity index (χ1n) is 7.92. The van der Waals surface area contributed by atoms with Gasteiger partial charge in [-0.15, -0.1) is 0 Å². The zero-order chi connectivity index (χ0) is 15.2. The largest absolute Gasteiger partial charge is 0.324 e. The van der Waals surface area contributed by atoms with Crippen molar-refractivity contribution in [2.45, 2.75) is 39.7 Å². The summed E-state index contributed by atoms with van der Waals surface area (Å²) in [4.78, 5) is 14.7. The third kappa shape index (κ3) is 4.29. The van der Waals surface area contributed by atoms with E-state index in [0.29, 0.717) is 12.6 Å². The highest BCUT2D eigenvalue weighted by molar-refractivity contribution is 5.93. The van der Waals surface area contributed by atoms with E-state index in [2.05, 4.69) is 22.5 Å². The Morgan fingerprint density at radius 1 is 1.29 bits per heavy atom. The molecule has 1 aromatic rings. The summed E-state index contributed by atoms with van der Waals surface area (Å²) in [5, 5.41) is 6.46. The predicted molar refractivity (Wildman–Crippen MR) is 87.7 cm³/mol. The minimum atomic E-state index is 0.0905. The van der Waals surface area contributed by atoms with Crippen LogP contribution < -0.4 is 10.6 Å². The monoisotopic (exact) mass is 289 g/mol. The summed E-state index contributed by atoms with van der Waals surface area (Å²) in [6.07, 6.45) is 2.26. The quantitative estimate of drug-likeness (QED) is 0.874. The minimum Gasteiger partial charge on any atom is -0.324 e. The van der Waals surface area contributed by atoms with Gasteiger partial charge in [-0.2, -0.15) is 0 Å². The molecular weight excluding hydrogens is 262 g/mol. The molecule has 116 valence electrons. The summed E-state index contributed by atoms with van der Waals surface area (Å²) in [7, 11) is 0. The van der Waals surface area contributed by atoms with Crippen molar-refractivity contribution in [3.8, 4) is 0 Å². The fourth-order valence-electron chi connectivity index (χ4n) is 3.05. The average molecular weight is 289 g/mol. The normalized spacial score (nSPS) is 16.2. The van der Waals surface area contributed by atoms with Gasteiger partial charge < -0.3 is 10.6 Å². The summed E-state index contributed by atoms with van der Waals surface area (Å²) in [5.41, 5.74) is 3.20. The van der Waals surface area contributed by atoms with Crippen LogP contribution in [0, 0.1) is 13.8 Å². The second-order valence-electron chi connectivity index (χ2n) is 5.86. The topological polar surface area (TPSA) is 44.4 Å². The number of likely N-dealkylation sites (N-methyl/N-ethyl adjacent to an activating group) is 1. The number of nitrogens with zero attached hydrogens (tertiary/aromatic N) is 1. The number of hydrogen-bond donors (Lipinski definition) is 2. The first-order chi connectivity index (χ1) is 10.1. The molecule has 0 spiro atoms. The lowest BCUT2D eigenvalue weighted by Gasteiger charge is -2.33. The molecule has 1 aliphatic rings. The van der Waals surface area contributed by atoms with Gasteiger partial charge in [0.05, 0.1) is 6.54 Å². The summed E-state index contributed by atoms with van der Waals surface area (Å²) in [6, 6.07) is 6.62. The number of hydrogen-bond acceptors (Lipinski definition) is 3. The van der Waals surface area contributed by atoms with E-state index in [4.69, 9.17) is 0 Å². The second kappa shape index (κ2) is 7.57. The molecule has 21 heavy (non-hydrogen) atoms. The molecule has 0 saturated carbocycles. The molecule has 1 aliphatic heterocycles. The number of aryl methyl sites for hydroxylation is 2. The highest BCUT2D eigenvalue weighted by Crippen LogP contribution is 2.19. The smallest absolute Gasteiger partial charge is 0.238 e. The van der Waals surface area contributed by atoms with E-state index in [1.165, 1.54) is 0 Å². The highest BCUT2D eigenvalue weighted by Gasteiger charge is 2.21. The number of carbonyl (C=O) groups is 1. The van der Waals surface area contributed by atoms with Gasteiger partial charge in [0.25, 0.3) is 0 Å². The third-order valence-electron chi connectivity index (χ3n) is 4.32. The predicted octanol–water partition coefficient (Wildman–Crippen LogP) is 2.32. The summed E-state index contributed by atoms with van der Waals surface area (Å²) in [5.74, 6) is 0.0905. The number of carbonyl (C=O) groups excluding carboxylic acids is 1.